The molecule has 0 aliphatic heterocycles. The molecule has 0 aliphatic rings. The molecule has 2 N–H and O–H groups in total. The number of anilines is 1. The van der Waals surface area contributed by atoms with Gasteiger partial charge in [-0.3, -0.25) is 4.79 Å². The largest absolute Gasteiger partial charge is 0.493 e. The van der Waals surface area contributed by atoms with Crippen LogP contribution >= 0.6 is 0 Å². The van der Waals surface area contributed by atoms with Crippen LogP contribution in [0.25, 0.3) is 0 Å². The van der Waals surface area contributed by atoms with Crippen LogP contribution in [0.4, 0.5) is 5.69 Å². The molecule has 0 heterocycles. The predicted molar refractivity (Wildman–Crippen MR) is 101 cm³/mol. The number of amides is 1. The number of nitrogens with one attached hydrogen (secondary N) is 2. The molecular formula is C20H26N2O3. The van der Waals surface area contributed by atoms with E-state index in [2.05, 4.69) is 10.6 Å². The van der Waals surface area contributed by atoms with E-state index in [-0.39, 0.29) is 5.91 Å². The Morgan fingerprint density at radius 2 is 1.76 bits per heavy atom. The zero-order valence-electron chi connectivity index (χ0n) is 15.1. The number of ether oxygens (including phenoxy) is 2. The van der Waals surface area contributed by atoms with Crippen LogP contribution in [0.3, 0.4) is 0 Å². The van der Waals surface area contributed by atoms with Crippen molar-refractivity contribution in [3.8, 4) is 11.5 Å². The first kappa shape index (κ1) is 18.6. The van der Waals surface area contributed by atoms with E-state index in [0.717, 1.165) is 17.7 Å². The summed E-state index contributed by atoms with van der Waals surface area (Å²) >= 11 is 0. The molecule has 2 rings (SSSR count). The molecule has 0 fully saturated rings. The number of methoxy groups -OCH3 is 2. The van der Waals surface area contributed by atoms with Crippen LogP contribution in [0.15, 0.2) is 42.5 Å². The summed E-state index contributed by atoms with van der Waals surface area (Å²) in [6.45, 7) is 3.26. The second-order valence-electron chi connectivity index (χ2n) is 5.78. The van der Waals surface area contributed by atoms with Gasteiger partial charge in [0.1, 0.15) is 0 Å². The second-order valence-corrected chi connectivity index (χ2v) is 5.78. The maximum atomic E-state index is 11.9. The molecule has 0 saturated heterocycles. The smallest absolute Gasteiger partial charge is 0.221 e. The topological polar surface area (TPSA) is 59.6 Å². The van der Waals surface area contributed by atoms with Crippen LogP contribution in [-0.2, 0) is 11.2 Å². The minimum absolute atomic E-state index is 0.0431. The molecule has 5 heteroatoms. The monoisotopic (exact) mass is 342 g/mol. The third-order valence-corrected chi connectivity index (χ3v) is 4.00. The van der Waals surface area contributed by atoms with E-state index < -0.39 is 0 Å². The normalized spacial score (nSPS) is 10.2. The molecule has 25 heavy (non-hydrogen) atoms. The summed E-state index contributed by atoms with van der Waals surface area (Å²) in [5.41, 5.74) is 3.34. The molecule has 0 saturated carbocycles. The number of hydrogen-bond donors (Lipinski definition) is 2. The molecule has 2 aromatic rings. The Labute approximate surface area is 149 Å². The number of benzene rings is 2. The van der Waals surface area contributed by atoms with Crippen molar-refractivity contribution in [2.75, 3.05) is 32.6 Å². The number of hydrogen-bond acceptors (Lipinski definition) is 4. The van der Waals surface area contributed by atoms with E-state index in [9.17, 15) is 4.79 Å². The summed E-state index contributed by atoms with van der Waals surface area (Å²) in [4.78, 5) is 11.9. The quantitative estimate of drug-likeness (QED) is 0.735. The SMILES string of the molecule is COc1ccc(CCNC(=O)CCNc2ccccc2C)cc1OC. The van der Waals surface area contributed by atoms with Crippen molar-refractivity contribution >= 4 is 11.6 Å². The zero-order chi connectivity index (χ0) is 18.1. The number of carbonyl (C=O) groups is 1. The van der Waals surface area contributed by atoms with Gasteiger partial charge < -0.3 is 20.1 Å². The molecule has 0 atom stereocenters. The van der Waals surface area contributed by atoms with Gasteiger partial charge in [-0.25, -0.2) is 0 Å². The molecule has 0 radical (unpaired) electrons. The Morgan fingerprint density at radius 1 is 1.00 bits per heavy atom. The molecule has 0 spiro atoms. The first-order valence-electron chi connectivity index (χ1n) is 8.41. The lowest BCUT2D eigenvalue weighted by atomic mass is 10.1. The van der Waals surface area contributed by atoms with Gasteiger partial charge in [0.05, 0.1) is 14.2 Å². The highest BCUT2D eigenvalue weighted by atomic mass is 16.5. The summed E-state index contributed by atoms with van der Waals surface area (Å²) in [6.07, 6.45) is 1.19. The van der Waals surface area contributed by atoms with Crippen molar-refractivity contribution in [2.45, 2.75) is 19.8 Å². The van der Waals surface area contributed by atoms with Gasteiger partial charge >= 0.3 is 0 Å². The zero-order valence-corrected chi connectivity index (χ0v) is 15.1. The molecule has 1 amide bonds. The average Bonchev–Trinajstić information content (AvgIpc) is 2.63. The minimum Gasteiger partial charge on any atom is -0.493 e. The van der Waals surface area contributed by atoms with Gasteiger partial charge in [0.25, 0.3) is 0 Å². The Morgan fingerprint density at radius 3 is 2.48 bits per heavy atom. The van der Waals surface area contributed by atoms with E-state index in [1.54, 1.807) is 14.2 Å². The molecule has 0 unspecified atom stereocenters. The van der Waals surface area contributed by atoms with Crippen molar-refractivity contribution in [1.29, 1.82) is 0 Å². The number of para-hydroxylation sites is 1. The fourth-order valence-corrected chi connectivity index (χ4v) is 2.55. The third-order valence-electron chi connectivity index (χ3n) is 4.00. The van der Waals surface area contributed by atoms with E-state index in [1.807, 2.05) is 49.4 Å². The predicted octanol–water partition coefficient (Wildman–Crippen LogP) is 3.17. The molecule has 5 nitrogen and oxygen atoms in total. The second kappa shape index (κ2) is 9.57. The lowest BCUT2D eigenvalue weighted by Gasteiger charge is -2.11. The fourth-order valence-electron chi connectivity index (χ4n) is 2.55. The maximum absolute atomic E-state index is 11.9. The summed E-state index contributed by atoms with van der Waals surface area (Å²) in [7, 11) is 3.23. The van der Waals surface area contributed by atoms with Gasteiger partial charge in [-0.15, -0.1) is 0 Å². The van der Waals surface area contributed by atoms with Crippen LogP contribution in [0.5, 0.6) is 11.5 Å². The minimum atomic E-state index is 0.0431. The van der Waals surface area contributed by atoms with Crippen molar-refractivity contribution in [3.05, 3.63) is 53.6 Å². The van der Waals surface area contributed by atoms with Gasteiger partial charge in [-0.2, -0.15) is 0 Å². The van der Waals surface area contributed by atoms with E-state index in [1.165, 1.54) is 5.56 Å². The Kier molecular flexibility index (Phi) is 7.14. The van der Waals surface area contributed by atoms with E-state index in [4.69, 9.17) is 9.47 Å². The molecule has 0 aromatic heterocycles. The highest BCUT2D eigenvalue weighted by Gasteiger charge is 2.06. The van der Waals surface area contributed by atoms with Crippen LogP contribution in [0.2, 0.25) is 0 Å². The highest BCUT2D eigenvalue weighted by Crippen LogP contribution is 2.27. The number of rotatable bonds is 9. The highest BCUT2D eigenvalue weighted by molar-refractivity contribution is 5.76. The molecule has 0 bridgehead atoms. The van der Waals surface area contributed by atoms with Crippen LogP contribution in [-0.4, -0.2) is 33.2 Å². The van der Waals surface area contributed by atoms with Gasteiger partial charge in [0.2, 0.25) is 5.91 Å². The molecule has 0 aliphatic carbocycles. The first-order chi connectivity index (χ1) is 12.1. The van der Waals surface area contributed by atoms with Gasteiger partial charge in [0, 0.05) is 25.2 Å². The van der Waals surface area contributed by atoms with Crippen LogP contribution < -0.4 is 20.1 Å². The Bertz CT molecular complexity index is 701. The van der Waals surface area contributed by atoms with E-state index >= 15 is 0 Å². The van der Waals surface area contributed by atoms with Crippen molar-refractivity contribution in [3.63, 3.8) is 0 Å². The summed E-state index contributed by atoms with van der Waals surface area (Å²) in [5.74, 6) is 1.45. The summed E-state index contributed by atoms with van der Waals surface area (Å²) < 4.78 is 10.5. The summed E-state index contributed by atoms with van der Waals surface area (Å²) in [6, 6.07) is 13.8. The fraction of sp³-hybridized carbons (Fsp3) is 0.350. The van der Waals surface area contributed by atoms with Crippen molar-refractivity contribution < 1.29 is 14.3 Å². The number of carbonyl (C=O) groups excluding carboxylic acids is 1. The third kappa shape index (κ3) is 5.71. The molecule has 2 aromatic carbocycles. The van der Waals surface area contributed by atoms with Gasteiger partial charge in [-0.1, -0.05) is 24.3 Å². The molecule has 134 valence electrons. The van der Waals surface area contributed by atoms with E-state index in [0.29, 0.717) is 31.0 Å². The van der Waals surface area contributed by atoms with Crippen molar-refractivity contribution in [1.82, 2.24) is 5.32 Å². The molecular weight excluding hydrogens is 316 g/mol. The Balaban J connectivity index is 1.71. The van der Waals surface area contributed by atoms with Gasteiger partial charge in [-0.05, 0) is 42.7 Å². The van der Waals surface area contributed by atoms with Crippen LogP contribution in [0, 0.1) is 6.92 Å². The Hall–Kier alpha value is -2.69. The van der Waals surface area contributed by atoms with Crippen molar-refractivity contribution in [2.24, 2.45) is 0 Å². The average molecular weight is 342 g/mol. The maximum Gasteiger partial charge on any atom is 0.221 e. The van der Waals surface area contributed by atoms with Crippen LogP contribution in [0.1, 0.15) is 17.5 Å². The summed E-state index contributed by atoms with van der Waals surface area (Å²) in [5, 5.41) is 6.24. The first-order valence-corrected chi connectivity index (χ1v) is 8.41. The standard InChI is InChI=1S/C20H26N2O3/c1-15-6-4-5-7-17(15)21-13-11-20(23)22-12-10-16-8-9-18(24-2)19(14-16)25-3/h4-9,14,21H,10-13H2,1-3H3,(H,22,23). The van der Waals surface area contributed by atoms with Gasteiger partial charge in [0.15, 0.2) is 11.5 Å². The number of aryl methyl sites for hydroxylation is 1. The lowest BCUT2D eigenvalue weighted by molar-refractivity contribution is -0.120. The lowest BCUT2D eigenvalue weighted by Crippen LogP contribution is -2.27.